The molecule has 0 unspecified atom stereocenters. The maximum atomic E-state index is 11.0. The summed E-state index contributed by atoms with van der Waals surface area (Å²) in [6, 6.07) is 5.63. The van der Waals surface area contributed by atoms with Crippen molar-refractivity contribution in [2.24, 2.45) is 0 Å². The van der Waals surface area contributed by atoms with Crippen molar-refractivity contribution >= 4 is 17.9 Å². The number of nitrogens with one attached hydrogen (secondary N) is 1. The molecule has 0 radical (unpaired) electrons. The van der Waals surface area contributed by atoms with Crippen LogP contribution in [0.1, 0.15) is 11.1 Å². The average molecular weight is 191 g/mol. The van der Waals surface area contributed by atoms with Crippen LogP contribution >= 0.6 is 0 Å². The van der Waals surface area contributed by atoms with Crippen LogP contribution in [0.4, 0.5) is 10.5 Å². The van der Waals surface area contributed by atoms with Crippen LogP contribution in [0.3, 0.4) is 0 Å². The summed E-state index contributed by atoms with van der Waals surface area (Å²) in [5, 5.41) is 2.62. The van der Waals surface area contributed by atoms with Crippen molar-refractivity contribution in [1.82, 2.24) is 0 Å². The third kappa shape index (κ3) is 2.13. The van der Waals surface area contributed by atoms with Crippen LogP contribution in [0.2, 0.25) is 0 Å². The highest BCUT2D eigenvalue weighted by Gasteiger charge is 2.05. The Morgan fingerprint density at radius 1 is 1.57 bits per heavy atom. The molecule has 0 saturated carbocycles. The first-order valence-electron chi connectivity index (χ1n) is 4.26. The lowest BCUT2D eigenvalue weighted by molar-refractivity contribution is 0.187. The lowest BCUT2D eigenvalue weighted by Gasteiger charge is -2.09. The van der Waals surface area contributed by atoms with Gasteiger partial charge in [0.2, 0.25) is 0 Å². The first-order valence-corrected chi connectivity index (χ1v) is 4.26. The quantitative estimate of drug-likeness (QED) is 0.780. The molecule has 14 heavy (non-hydrogen) atoms. The molecule has 0 aromatic heterocycles. The molecule has 0 bridgehead atoms. The molecule has 0 aliphatic rings. The molecule has 0 aliphatic heterocycles. The van der Waals surface area contributed by atoms with Gasteiger partial charge in [-0.1, -0.05) is 24.8 Å². The van der Waals surface area contributed by atoms with Gasteiger partial charge in [0, 0.05) is 5.56 Å². The van der Waals surface area contributed by atoms with Gasteiger partial charge in [-0.3, -0.25) is 5.32 Å². The smallest absolute Gasteiger partial charge is 0.411 e. The second-order valence-corrected chi connectivity index (χ2v) is 2.86. The monoisotopic (exact) mass is 191 g/mol. The molecule has 74 valence electrons. The maximum Gasteiger partial charge on any atom is 0.411 e. The van der Waals surface area contributed by atoms with Crippen LogP contribution in [-0.4, -0.2) is 13.2 Å². The van der Waals surface area contributed by atoms with Gasteiger partial charge in [-0.2, -0.15) is 0 Å². The fraction of sp³-hybridized carbons (Fsp3) is 0.182. The minimum absolute atomic E-state index is 0.473. The molecule has 1 aromatic rings. The second-order valence-electron chi connectivity index (χ2n) is 2.86. The van der Waals surface area contributed by atoms with E-state index in [2.05, 4.69) is 16.6 Å². The van der Waals surface area contributed by atoms with E-state index in [1.54, 1.807) is 12.1 Å². The minimum atomic E-state index is -0.473. The van der Waals surface area contributed by atoms with Gasteiger partial charge in [0.25, 0.3) is 0 Å². The number of ether oxygens (including phenoxy) is 1. The highest BCUT2D eigenvalue weighted by molar-refractivity contribution is 5.88. The lowest BCUT2D eigenvalue weighted by Crippen LogP contribution is -2.12. The first kappa shape index (κ1) is 10.3. The molecule has 0 fully saturated rings. The van der Waals surface area contributed by atoms with E-state index >= 15 is 0 Å². The zero-order valence-electron chi connectivity index (χ0n) is 8.33. The van der Waals surface area contributed by atoms with Gasteiger partial charge in [0.1, 0.15) is 0 Å². The van der Waals surface area contributed by atoms with Gasteiger partial charge in [-0.15, -0.1) is 0 Å². The summed E-state index contributed by atoms with van der Waals surface area (Å²) in [5.41, 5.74) is 2.69. The molecule has 3 nitrogen and oxygen atoms in total. The van der Waals surface area contributed by atoms with Gasteiger partial charge in [0.05, 0.1) is 12.8 Å². The highest BCUT2D eigenvalue weighted by atomic mass is 16.5. The van der Waals surface area contributed by atoms with Gasteiger partial charge < -0.3 is 4.74 Å². The van der Waals surface area contributed by atoms with Crippen LogP contribution in [0, 0.1) is 6.92 Å². The summed E-state index contributed by atoms with van der Waals surface area (Å²) in [4.78, 5) is 11.0. The van der Waals surface area contributed by atoms with Crippen molar-refractivity contribution in [2.75, 3.05) is 12.4 Å². The van der Waals surface area contributed by atoms with Crippen LogP contribution in [0.5, 0.6) is 0 Å². The number of benzene rings is 1. The SMILES string of the molecule is C=Cc1c(C)cccc1NC(=O)OC. The largest absolute Gasteiger partial charge is 0.453 e. The number of methoxy groups -OCH3 is 1. The molecule has 0 spiro atoms. The summed E-state index contributed by atoms with van der Waals surface area (Å²) >= 11 is 0. The highest BCUT2D eigenvalue weighted by Crippen LogP contribution is 2.20. The molecule has 0 heterocycles. The Labute approximate surface area is 83.4 Å². The molecule has 1 rings (SSSR count). The number of hydrogen-bond acceptors (Lipinski definition) is 2. The first-order chi connectivity index (χ1) is 6.69. The zero-order chi connectivity index (χ0) is 10.6. The number of aryl methyl sites for hydroxylation is 1. The predicted octanol–water partition coefficient (Wildman–Crippen LogP) is 2.82. The van der Waals surface area contributed by atoms with Crippen molar-refractivity contribution in [2.45, 2.75) is 6.92 Å². The molecule has 0 aliphatic carbocycles. The third-order valence-corrected chi connectivity index (χ3v) is 1.95. The lowest BCUT2D eigenvalue weighted by atomic mass is 10.1. The number of carbonyl (C=O) groups excluding carboxylic acids is 1. The molecule has 0 saturated heterocycles. The van der Waals surface area contributed by atoms with Crippen molar-refractivity contribution < 1.29 is 9.53 Å². The van der Waals surface area contributed by atoms with Gasteiger partial charge >= 0.3 is 6.09 Å². The Balaban J connectivity index is 3.02. The van der Waals surface area contributed by atoms with E-state index in [0.717, 1.165) is 11.1 Å². The molecular formula is C11H13NO2. The topological polar surface area (TPSA) is 38.3 Å². The molecule has 0 atom stereocenters. The van der Waals surface area contributed by atoms with Crippen LogP contribution in [0.15, 0.2) is 24.8 Å². The van der Waals surface area contributed by atoms with Crippen LogP contribution in [-0.2, 0) is 4.74 Å². The van der Waals surface area contributed by atoms with E-state index in [1.807, 2.05) is 19.1 Å². The maximum absolute atomic E-state index is 11.0. The summed E-state index contributed by atoms with van der Waals surface area (Å²) in [6.07, 6.45) is 1.24. The Bertz CT molecular complexity index is 358. The Morgan fingerprint density at radius 3 is 2.86 bits per heavy atom. The van der Waals surface area contributed by atoms with Crippen molar-refractivity contribution in [1.29, 1.82) is 0 Å². The van der Waals surface area contributed by atoms with Gasteiger partial charge in [-0.25, -0.2) is 4.79 Å². The van der Waals surface area contributed by atoms with Gasteiger partial charge in [0.15, 0.2) is 0 Å². The summed E-state index contributed by atoms with van der Waals surface area (Å²) < 4.78 is 4.51. The van der Waals surface area contributed by atoms with E-state index in [-0.39, 0.29) is 0 Å². The van der Waals surface area contributed by atoms with Crippen molar-refractivity contribution in [3.8, 4) is 0 Å². The predicted molar refractivity (Wildman–Crippen MR) is 57.3 cm³/mol. The zero-order valence-corrected chi connectivity index (χ0v) is 8.33. The molecule has 3 heteroatoms. The molecule has 1 N–H and O–H groups in total. The Morgan fingerprint density at radius 2 is 2.29 bits per heavy atom. The molecule has 1 aromatic carbocycles. The number of anilines is 1. The van der Waals surface area contributed by atoms with Crippen LogP contribution < -0.4 is 5.32 Å². The fourth-order valence-corrected chi connectivity index (χ4v) is 1.22. The number of amides is 1. The Hall–Kier alpha value is -1.77. The fourth-order valence-electron chi connectivity index (χ4n) is 1.22. The van der Waals surface area contributed by atoms with Crippen molar-refractivity contribution in [3.05, 3.63) is 35.9 Å². The second kappa shape index (κ2) is 4.46. The number of hydrogen-bond donors (Lipinski definition) is 1. The number of rotatable bonds is 2. The molecule has 1 amide bonds. The summed E-state index contributed by atoms with van der Waals surface area (Å²) in [5.74, 6) is 0. The van der Waals surface area contributed by atoms with Gasteiger partial charge in [-0.05, 0) is 18.6 Å². The summed E-state index contributed by atoms with van der Waals surface area (Å²) in [6.45, 7) is 5.65. The van der Waals surface area contributed by atoms with E-state index in [0.29, 0.717) is 5.69 Å². The standard InChI is InChI=1S/C11H13NO2/c1-4-9-8(2)6-5-7-10(9)12-11(13)14-3/h4-7H,1H2,2-3H3,(H,12,13). The normalized spacial score (nSPS) is 9.29. The number of carbonyl (C=O) groups is 1. The van der Waals surface area contributed by atoms with E-state index in [1.165, 1.54) is 7.11 Å². The van der Waals surface area contributed by atoms with E-state index < -0.39 is 6.09 Å². The minimum Gasteiger partial charge on any atom is -0.453 e. The van der Waals surface area contributed by atoms with Crippen molar-refractivity contribution in [3.63, 3.8) is 0 Å². The van der Waals surface area contributed by atoms with E-state index in [9.17, 15) is 4.79 Å². The average Bonchev–Trinajstić information content (AvgIpc) is 2.18. The van der Waals surface area contributed by atoms with E-state index in [4.69, 9.17) is 0 Å². The van der Waals surface area contributed by atoms with Crippen LogP contribution in [0.25, 0.3) is 6.08 Å². The Kier molecular flexibility index (Phi) is 3.29. The summed E-state index contributed by atoms with van der Waals surface area (Å²) in [7, 11) is 1.33. The third-order valence-electron chi connectivity index (χ3n) is 1.95. The molecular weight excluding hydrogens is 178 g/mol.